The number of anilines is 1. The lowest BCUT2D eigenvalue weighted by Crippen LogP contribution is -2.36. The van der Waals surface area contributed by atoms with Crippen LogP contribution in [0.2, 0.25) is 0 Å². The quantitative estimate of drug-likeness (QED) is 0.790. The number of esters is 1. The summed E-state index contributed by atoms with van der Waals surface area (Å²) >= 11 is 0. The van der Waals surface area contributed by atoms with Crippen LogP contribution in [0.15, 0.2) is 10.7 Å². The van der Waals surface area contributed by atoms with Gasteiger partial charge in [-0.2, -0.15) is 4.98 Å². The van der Waals surface area contributed by atoms with E-state index in [-0.39, 0.29) is 11.7 Å². The van der Waals surface area contributed by atoms with E-state index in [1.54, 1.807) is 6.92 Å². The molecule has 6 nitrogen and oxygen atoms in total. The normalized spacial score (nSPS) is 23.1. The molecule has 1 saturated carbocycles. The summed E-state index contributed by atoms with van der Waals surface area (Å²) < 4.78 is 10.1. The Morgan fingerprint density at radius 3 is 3.11 bits per heavy atom. The number of hydrogen-bond acceptors (Lipinski definition) is 6. The molecular formula is C13H21N3O3. The van der Waals surface area contributed by atoms with Crippen LogP contribution in [0.1, 0.15) is 43.1 Å². The second-order valence-electron chi connectivity index (χ2n) is 4.79. The zero-order valence-electron chi connectivity index (χ0n) is 11.2. The van der Waals surface area contributed by atoms with Gasteiger partial charge in [-0.3, -0.25) is 0 Å². The molecule has 106 valence electrons. The molecule has 0 bridgehead atoms. The molecule has 19 heavy (non-hydrogen) atoms. The third kappa shape index (κ3) is 3.47. The number of nitrogens with zero attached hydrogens (tertiary/aromatic N) is 1. The molecule has 0 amide bonds. The molecule has 1 aliphatic rings. The number of carbonyl (C=O) groups is 1. The Bertz CT molecular complexity index is 419. The predicted molar refractivity (Wildman–Crippen MR) is 70.9 cm³/mol. The van der Waals surface area contributed by atoms with Gasteiger partial charge >= 0.3 is 5.97 Å². The van der Waals surface area contributed by atoms with E-state index in [0.29, 0.717) is 25.1 Å². The van der Waals surface area contributed by atoms with Crippen LogP contribution in [0, 0.1) is 5.92 Å². The van der Waals surface area contributed by atoms with Gasteiger partial charge in [0, 0.05) is 6.04 Å². The van der Waals surface area contributed by atoms with Crippen molar-refractivity contribution in [2.45, 2.75) is 38.6 Å². The highest BCUT2D eigenvalue weighted by atomic mass is 16.5. The molecule has 2 rings (SSSR count). The number of nitrogens with one attached hydrogen (secondary N) is 1. The van der Waals surface area contributed by atoms with Crippen molar-refractivity contribution >= 4 is 12.0 Å². The molecule has 2 atom stereocenters. The first-order chi connectivity index (χ1) is 9.24. The lowest BCUT2D eigenvalue weighted by molar-refractivity contribution is 0.0519. The Morgan fingerprint density at radius 2 is 2.37 bits per heavy atom. The maximum atomic E-state index is 11.5. The van der Waals surface area contributed by atoms with Crippen LogP contribution in [-0.4, -0.2) is 30.1 Å². The van der Waals surface area contributed by atoms with E-state index in [2.05, 4.69) is 10.3 Å². The maximum absolute atomic E-state index is 11.5. The van der Waals surface area contributed by atoms with Crippen LogP contribution in [0.5, 0.6) is 0 Å². The Balaban J connectivity index is 1.97. The first kappa shape index (κ1) is 13.9. The van der Waals surface area contributed by atoms with Crippen molar-refractivity contribution in [2.75, 3.05) is 18.5 Å². The molecule has 1 fully saturated rings. The molecule has 6 heteroatoms. The van der Waals surface area contributed by atoms with Crippen molar-refractivity contribution in [1.82, 2.24) is 4.98 Å². The largest absolute Gasteiger partial charge is 0.461 e. The van der Waals surface area contributed by atoms with Crippen LogP contribution >= 0.6 is 0 Å². The lowest BCUT2D eigenvalue weighted by Gasteiger charge is -2.30. The van der Waals surface area contributed by atoms with Crippen LogP contribution in [0.3, 0.4) is 0 Å². The van der Waals surface area contributed by atoms with E-state index in [1.807, 2.05) is 0 Å². The minimum absolute atomic E-state index is 0.199. The Labute approximate surface area is 112 Å². The molecule has 1 aromatic rings. The molecule has 3 N–H and O–H groups in total. The minimum atomic E-state index is -0.460. The van der Waals surface area contributed by atoms with Gasteiger partial charge < -0.3 is 20.2 Å². The highest BCUT2D eigenvalue weighted by Crippen LogP contribution is 2.26. The topological polar surface area (TPSA) is 90.4 Å². The zero-order valence-corrected chi connectivity index (χ0v) is 11.2. The van der Waals surface area contributed by atoms with Gasteiger partial charge in [-0.15, -0.1) is 0 Å². The van der Waals surface area contributed by atoms with E-state index in [9.17, 15) is 4.79 Å². The zero-order chi connectivity index (χ0) is 13.7. The number of ether oxygens (including phenoxy) is 1. The second kappa shape index (κ2) is 6.56. The van der Waals surface area contributed by atoms with Gasteiger partial charge in [0.05, 0.1) is 6.61 Å². The average Bonchev–Trinajstić information content (AvgIpc) is 2.88. The smallest absolute Gasteiger partial charge is 0.360 e. The van der Waals surface area contributed by atoms with Crippen molar-refractivity contribution in [3.05, 3.63) is 12.0 Å². The number of aromatic nitrogens is 1. The summed E-state index contributed by atoms with van der Waals surface area (Å²) in [5, 5.41) is 3.23. The summed E-state index contributed by atoms with van der Waals surface area (Å²) in [6.07, 6.45) is 5.90. The monoisotopic (exact) mass is 267 g/mol. The third-order valence-electron chi connectivity index (χ3n) is 3.51. The fraction of sp³-hybridized carbons (Fsp3) is 0.692. The maximum Gasteiger partial charge on any atom is 0.360 e. The summed E-state index contributed by atoms with van der Waals surface area (Å²) in [6.45, 7) is 2.74. The van der Waals surface area contributed by atoms with Gasteiger partial charge in [0.15, 0.2) is 5.69 Å². The van der Waals surface area contributed by atoms with Gasteiger partial charge in [0.1, 0.15) is 6.26 Å². The molecule has 0 aliphatic heterocycles. The highest BCUT2D eigenvalue weighted by molar-refractivity contribution is 5.87. The van der Waals surface area contributed by atoms with E-state index in [0.717, 1.165) is 12.8 Å². The number of carbonyl (C=O) groups excluding carboxylic acids is 1. The molecule has 0 saturated heterocycles. The SMILES string of the molecule is CCOC(=O)c1coc(NC2CCCCC2CN)n1. The van der Waals surface area contributed by atoms with Gasteiger partial charge in [0.2, 0.25) is 0 Å². The molecule has 1 heterocycles. The fourth-order valence-corrected chi connectivity index (χ4v) is 2.48. The lowest BCUT2D eigenvalue weighted by atomic mass is 9.85. The molecule has 1 aliphatic carbocycles. The average molecular weight is 267 g/mol. The summed E-state index contributed by atoms with van der Waals surface area (Å²) in [4.78, 5) is 15.6. The van der Waals surface area contributed by atoms with Crippen molar-refractivity contribution < 1.29 is 13.9 Å². The summed E-state index contributed by atoms with van der Waals surface area (Å²) in [5.74, 6) is -0.0231. The highest BCUT2D eigenvalue weighted by Gasteiger charge is 2.25. The fourth-order valence-electron chi connectivity index (χ4n) is 2.48. The van der Waals surface area contributed by atoms with Gasteiger partial charge in [-0.25, -0.2) is 4.79 Å². The first-order valence-corrected chi connectivity index (χ1v) is 6.83. The number of nitrogens with two attached hydrogens (primary N) is 1. The van der Waals surface area contributed by atoms with E-state index in [1.165, 1.54) is 19.1 Å². The van der Waals surface area contributed by atoms with Crippen LogP contribution in [-0.2, 0) is 4.74 Å². The number of rotatable bonds is 5. The minimum Gasteiger partial charge on any atom is -0.461 e. The Kier molecular flexibility index (Phi) is 4.79. The molecule has 0 spiro atoms. The summed E-state index contributed by atoms with van der Waals surface area (Å²) in [7, 11) is 0. The standard InChI is InChI=1S/C13H21N3O3/c1-2-18-12(17)11-8-19-13(16-11)15-10-6-4-3-5-9(10)7-14/h8-10H,2-7,14H2,1H3,(H,15,16). The molecule has 1 aromatic heterocycles. The third-order valence-corrected chi connectivity index (χ3v) is 3.51. The van der Waals surface area contributed by atoms with Crippen molar-refractivity contribution in [3.8, 4) is 0 Å². The van der Waals surface area contributed by atoms with Crippen molar-refractivity contribution in [3.63, 3.8) is 0 Å². The van der Waals surface area contributed by atoms with Gasteiger partial charge in [0.25, 0.3) is 6.01 Å². The number of oxazole rings is 1. The van der Waals surface area contributed by atoms with Gasteiger partial charge in [-0.1, -0.05) is 12.8 Å². The van der Waals surface area contributed by atoms with E-state index < -0.39 is 5.97 Å². The molecule has 0 radical (unpaired) electrons. The predicted octanol–water partition coefficient (Wildman–Crippen LogP) is 1.78. The van der Waals surface area contributed by atoms with E-state index >= 15 is 0 Å². The Morgan fingerprint density at radius 1 is 1.58 bits per heavy atom. The molecular weight excluding hydrogens is 246 g/mol. The van der Waals surface area contributed by atoms with Crippen molar-refractivity contribution in [2.24, 2.45) is 11.7 Å². The van der Waals surface area contributed by atoms with Crippen LogP contribution in [0.25, 0.3) is 0 Å². The summed E-state index contributed by atoms with van der Waals surface area (Å²) in [5.41, 5.74) is 5.97. The second-order valence-corrected chi connectivity index (χ2v) is 4.79. The summed E-state index contributed by atoms with van der Waals surface area (Å²) in [6, 6.07) is 0.640. The van der Waals surface area contributed by atoms with Gasteiger partial charge in [-0.05, 0) is 32.2 Å². The van der Waals surface area contributed by atoms with E-state index in [4.69, 9.17) is 14.9 Å². The molecule has 0 aromatic carbocycles. The number of hydrogen-bond donors (Lipinski definition) is 2. The van der Waals surface area contributed by atoms with Crippen LogP contribution < -0.4 is 11.1 Å². The van der Waals surface area contributed by atoms with Crippen molar-refractivity contribution in [1.29, 1.82) is 0 Å². The Hall–Kier alpha value is -1.56. The first-order valence-electron chi connectivity index (χ1n) is 6.83. The van der Waals surface area contributed by atoms with Crippen LogP contribution in [0.4, 0.5) is 6.01 Å². The molecule has 2 unspecified atom stereocenters.